The number of carboxylic acids is 1. The van der Waals surface area contributed by atoms with Gasteiger partial charge in [-0.05, 0) is 24.7 Å². The third-order valence-electron chi connectivity index (χ3n) is 1.79. The van der Waals surface area contributed by atoms with Crippen molar-refractivity contribution in [2.45, 2.75) is 39.5 Å². The highest BCUT2D eigenvalue weighted by molar-refractivity contribution is 9.10. The maximum atomic E-state index is 9.00. The molecule has 104 valence electrons. The van der Waals surface area contributed by atoms with Crippen LogP contribution < -0.4 is 0 Å². The summed E-state index contributed by atoms with van der Waals surface area (Å²) in [4.78, 5) is 9.00. The first-order chi connectivity index (χ1) is 8.54. The second-order valence-electron chi connectivity index (χ2n) is 3.66. The summed E-state index contributed by atoms with van der Waals surface area (Å²) in [5.74, 6) is -0.833. The molecule has 0 aromatic heterocycles. The molecule has 1 aromatic rings. The topological polar surface area (TPSA) is 37.3 Å². The lowest BCUT2D eigenvalue weighted by molar-refractivity contribution is -0.134. The zero-order valence-electron chi connectivity index (χ0n) is 11.2. The van der Waals surface area contributed by atoms with Gasteiger partial charge < -0.3 is 5.11 Å². The minimum Gasteiger partial charge on any atom is -0.481 e. The average Bonchev–Trinajstić information content (AvgIpc) is 2.31. The van der Waals surface area contributed by atoms with Crippen molar-refractivity contribution >= 4 is 31.1 Å². The summed E-state index contributed by atoms with van der Waals surface area (Å²) >= 11 is 3.31. The number of carboxylic acid groups (broad SMARTS) is 1. The van der Waals surface area contributed by atoms with Crippen LogP contribution in [-0.4, -0.2) is 17.2 Å². The van der Waals surface area contributed by atoms with Crippen molar-refractivity contribution in [2.75, 3.05) is 6.16 Å². The van der Waals surface area contributed by atoms with Gasteiger partial charge in [0.2, 0.25) is 0 Å². The lowest BCUT2D eigenvalue weighted by Gasteiger charge is -1.90. The summed E-state index contributed by atoms with van der Waals surface area (Å²) in [6.07, 6.45) is 6.84. The summed E-state index contributed by atoms with van der Waals surface area (Å²) in [7, 11) is 2.75. The monoisotopic (exact) mass is 334 g/mol. The van der Waals surface area contributed by atoms with Gasteiger partial charge in [-0.2, -0.15) is 0 Å². The molecule has 1 rings (SSSR count). The van der Waals surface area contributed by atoms with Crippen LogP contribution in [0.1, 0.15) is 39.5 Å². The van der Waals surface area contributed by atoms with E-state index in [2.05, 4.69) is 32.1 Å². The first-order valence-electron chi connectivity index (χ1n) is 6.14. The highest BCUT2D eigenvalue weighted by Gasteiger charge is 1.80. The van der Waals surface area contributed by atoms with E-state index in [-0.39, 0.29) is 0 Å². The molecule has 0 aliphatic heterocycles. The largest absolute Gasteiger partial charge is 0.481 e. The van der Waals surface area contributed by atoms with Gasteiger partial charge in [-0.3, -0.25) is 4.79 Å². The predicted molar refractivity (Wildman–Crippen MR) is 86.2 cm³/mol. The SMILES string of the molecule is Brc1ccccc1.CC(=O)O.CCCCCCP. The summed E-state index contributed by atoms with van der Waals surface area (Å²) in [6.45, 7) is 3.32. The second kappa shape index (κ2) is 16.6. The van der Waals surface area contributed by atoms with Crippen LogP contribution in [0.4, 0.5) is 0 Å². The fraction of sp³-hybridized carbons (Fsp3) is 0.500. The van der Waals surface area contributed by atoms with E-state index in [1.54, 1.807) is 0 Å². The molecule has 2 nitrogen and oxygen atoms in total. The van der Waals surface area contributed by atoms with E-state index in [4.69, 9.17) is 9.90 Å². The fourth-order valence-corrected chi connectivity index (χ4v) is 1.58. The smallest absolute Gasteiger partial charge is 0.300 e. The highest BCUT2D eigenvalue weighted by Crippen LogP contribution is 2.05. The van der Waals surface area contributed by atoms with Crippen molar-refractivity contribution in [1.82, 2.24) is 0 Å². The molecule has 0 fully saturated rings. The number of carbonyl (C=O) groups is 1. The lowest BCUT2D eigenvalue weighted by Crippen LogP contribution is -1.78. The molecule has 0 spiro atoms. The Hall–Kier alpha value is -0.400. The van der Waals surface area contributed by atoms with Crippen LogP contribution in [0.15, 0.2) is 34.8 Å². The predicted octanol–water partition coefficient (Wildman–Crippen LogP) is 4.98. The van der Waals surface area contributed by atoms with Crippen LogP contribution in [0.2, 0.25) is 0 Å². The minimum atomic E-state index is -0.833. The van der Waals surface area contributed by atoms with Gasteiger partial charge >= 0.3 is 0 Å². The molecule has 1 atom stereocenters. The Morgan fingerprint density at radius 2 is 1.72 bits per heavy atom. The number of hydrogen-bond acceptors (Lipinski definition) is 1. The number of benzene rings is 1. The second-order valence-corrected chi connectivity index (χ2v) is 5.16. The molecular weight excluding hydrogens is 311 g/mol. The van der Waals surface area contributed by atoms with Gasteiger partial charge in [-0.25, -0.2) is 0 Å². The lowest BCUT2D eigenvalue weighted by atomic mass is 10.2. The Labute approximate surface area is 122 Å². The molecule has 0 heterocycles. The van der Waals surface area contributed by atoms with Gasteiger partial charge in [0.05, 0.1) is 0 Å². The van der Waals surface area contributed by atoms with E-state index >= 15 is 0 Å². The van der Waals surface area contributed by atoms with Gasteiger partial charge in [0.15, 0.2) is 0 Å². The standard InChI is InChI=1S/C6H5Br.C6H15P.C2H4O2/c7-6-4-2-1-3-5-6;1-2-3-4-5-6-7;1-2(3)4/h1-5H;2-7H2,1H3;1H3,(H,3,4). The fourth-order valence-electron chi connectivity index (χ4n) is 0.986. The van der Waals surface area contributed by atoms with Crippen molar-refractivity contribution in [3.63, 3.8) is 0 Å². The maximum absolute atomic E-state index is 9.00. The molecule has 0 saturated carbocycles. The van der Waals surface area contributed by atoms with Crippen molar-refractivity contribution in [1.29, 1.82) is 0 Å². The van der Waals surface area contributed by atoms with Crippen molar-refractivity contribution in [2.24, 2.45) is 0 Å². The summed E-state index contributed by atoms with van der Waals surface area (Å²) in [6, 6.07) is 9.97. The van der Waals surface area contributed by atoms with E-state index in [0.29, 0.717) is 0 Å². The highest BCUT2D eigenvalue weighted by atomic mass is 79.9. The van der Waals surface area contributed by atoms with Crippen LogP contribution in [0.3, 0.4) is 0 Å². The van der Waals surface area contributed by atoms with Crippen LogP contribution in [-0.2, 0) is 4.79 Å². The molecule has 4 heteroatoms. The van der Waals surface area contributed by atoms with Crippen LogP contribution in [0.25, 0.3) is 0 Å². The first-order valence-corrected chi connectivity index (χ1v) is 7.75. The normalized spacial score (nSPS) is 8.44. The summed E-state index contributed by atoms with van der Waals surface area (Å²) in [5, 5.41) is 7.42. The Morgan fingerprint density at radius 3 is 2.00 bits per heavy atom. The number of unbranched alkanes of at least 4 members (excludes halogenated alkanes) is 3. The molecule has 18 heavy (non-hydrogen) atoms. The third-order valence-corrected chi connectivity index (χ3v) is 2.73. The number of hydrogen-bond donors (Lipinski definition) is 1. The van der Waals surface area contributed by atoms with Crippen molar-refractivity contribution in [3.05, 3.63) is 34.8 Å². The summed E-state index contributed by atoms with van der Waals surface area (Å²) < 4.78 is 1.13. The molecule has 0 bridgehead atoms. The van der Waals surface area contributed by atoms with Gasteiger partial charge in [0.1, 0.15) is 0 Å². The Kier molecular flexibility index (Phi) is 18.4. The third kappa shape index (κ3) is 24.7. The van der Waals surface area contributed by atoms with Gasteiger partial charge in [0, 0.05) is 11.4 Å². The summed E-state index contributed by atoms with van der Waals surface area (Å²) in [5.41, 5.74) is 0. The molecule has 0 amide bonds. The van der Waals surface area contributed by atoms with E-state index < -0.39 is 5.97 Å². The molecule has 0 aliphatic carbocycles. The number of aliphatic carboxylic acids is 1. The molecule has 1 aromatic carbocycles. The minimum absolute atomic E-state index is 0.833. The zero-order valence-corrected chi connectivity index (χ0v) is 14.0. The van der Waals surface area contributed by atoms with E-state index in [0.717, 1.165) is 11.4 Å². The Morgan fingerprint density at radius 1 is 1.22 bits per heavy atom. The van der Waals surface area contributed by atoms with Gasteiger partial charge in [-0.1, -0.05) is 60.3 Å². The molecule has 0 radical (unpaired) electrons. The number of rotatable bonds is 4. The number of halogens is 1. The zero-order chi connectivity index (χ0) is 14.2. The average molecular weight is 335 g/mol. The Balaban J connectivity index is 0. The van der Waals surface area contributed by atoms with E-state index in [1.807, 2.05) is 30.3 Å². The quantitative estimate of drug-likeness (QED) is 0.622. The van der Waals surface area contributed by atoms with Crippen LogP contribution in [0, 0.1) is 0 Å². The van der Waals surface area contributed by atoms with Gasteiger partial charge in [-0.15, -0.1) is 9.24 Å². The van der Waals surface area contributed by atoms with Crippen molar-refractivity contribution < 1.29 is 9.90 Å². The molecule has 1 unspecified atom stereocenters. The van der Waals surface area contributed by atoms with Crippen LogP contribution in [0.5, 0.6) is 0 Å². The Bertz CT molecular complexity index is 270. The molecule has 0 aliphatic rings. The van der Waals surface area contributed by atoms with Crippen molar-refractivity contribution in [3.8, 4) is 0 Å². The molecule has 0 saturated heterocycles. The first kappa shape index (κ1) is 19.9. The molecule has 1 N–H and O–H groups in total. The van der Waals surface area contributed by atoms with E-state index in [1.165, 1.54) is 31.8 Å². The van der Waals surface area contributed by atoms with Gasteiger partial charge in [0.25, 0.3) is 5.97 Å². The maximum Gasteiger partial charge on any atom is 0.300 e. The van der Waals surface area contributed by atoms with E-state index in [9.17, 15) is 0 Å². The van der Waals surface area contributed by atoms with Crippen LogP contribution >= 0.6 is 25.2 Å². The molecular formula is C14H24BrO2P.